The highest BCUT2D eigenvalue weighted by Crippen LogP contribution is 2.30. The molecule has 0 atom stereocenters. The van der Waals surface area contributed by atoms with Crippen LogP contribution >= 0.6 is 11.3 Å². The summed E-state index contributed by atoms with van der Waals surface area (Å²) in [5.74, 6) is -0.246. The van der Waals surface area contributed by atoms with Crippen molar-refractivity contribution in [3.63, 3.8) is 0 Å². The summed E-state index contributed by atoms with van der Waals surface area (Å²) in [4.78, 5) is 26.8. The van der Waals surface area contributed by atoms with Crippen molar-refractivity contribution in [2.24, 2.45) is 0 Å². The van der Waals surface area contributed by atoms with Crippen LogP contribution in [0.4, 0.5) is 0 Å². The number of aromatic nitrogens is 4. The van der Waals surface area contributed by atoms with Crippen LogP contribution in [0.5, 0.6) is 0 Å². The molecule has 1 aromatic carbocycles. The lowest BCUT2D eigenvalue weighted by Gasteiger charge is -2.20. The maximum absolute atomic E-state index is 13.3. The van der Waals surface area contributed by atoms with Gasteiger partial charge in [0.25, 0.3) is 5.56 Å². The number of carbonyl (C=O) groups excluding carboxylic acids is 1. The van der Waals surface area contributed by atoms with Gasteiger partial charge in [-0.15, -0.1) is 11.3 Å². The minimum atomic E-state index is -0.384. The Bertz CT molecular complexity index is 1250. The van der Waals surface area contributed by atoms with Gasteiger partial charge in [0.05, 0.1) is 22.0 Å². The number of hydrogen-bond donors (Lipinski definition) is 1. The molecule has 7 nitrogen and oxygen atoms in total. The number of rotatable bonds is 6. The van der Waals surface area contributed by atoms with Crippen LogP contribution in [0, 0.1) is 0 Å². The average Bonchev–Trinajstić information content (AvgIpc) is 3.41. The van der Waals surface area contributed by atoms with Gasteiger partial charge in [0, 0.05) is 6.54 Å². The highest BCUT2D eigenvalue weighted by Gasteiger charge is 2.24. The topological polar surface area (TPSA) is 81.8 Å². The number of carbonyl (C=O) groups is 1. The summed E-state index contributed by atoms with van der Waals surface area (Å²) in [6, 6.07) is 13.8. The quantitative estimate of drug-likeness (QED) is 0.503. The monoisotopic (exact) mass is 435 g/mol. The fourth-order valence-electron chi connectivity index (χ4n) is 3.46. The van der Waals surface area contributed by atoms with Crippen LogP contribution in [0.2, 0.25) is 0 Å². The molecule has 3 heterocycles. The number of nitrogens with zero attached hydrogens (tertiary/aromatic N) is 4. The van der Waals surface area contributed by atoms with Gasteiger partial charge in [0.2, 0.25) is 5.91 Å². The SMILES string of the molecule is CC(C)(C)n1ncc2c(-c3cccs3)nn(CC(=O)NCCc3ccccc3)c(=O)c21. The van der Waals surface area contributed by atoms with Crippen molar-refractivity contribution in [2.45, 2.75) is 39.3 Å². The highest BCUT2D eigenvalue weighted by molar-refractivity contribution is 7.13. The van der Waals surface area contributed by atoms with Crippen molar-refractivity contribution in [1.29, 1.82) is 0 Å². The van der Waals surface area contributed by atoms with Gasteiger partial charge in [-0.2, -0.15) is 10.2 Å². The van der Waals surface area contributed by atoms with Gasteiger partial charge >= 0.3 is 0 Å². The Morgan fingerprint density at radius 3 is 2.58 bits per heavy atom. The maximum atomic E-state index is 13.3. The van der Waals surface area contributed by atoms with Gasteiger partial charge in [-0.1, -0.05) is 36.4 Å². The van der Waals surface area contributed by atoms with E-state index < -0.39 is 0 Å². The molecule has 0 spiro atoms. The molecule has 0 bridgehead atoms. The smallest absolute Gasteiger partial charge is 0.293 e. The van der Waals surface area contributed by atoms with Crippen LogP contribution in [-0.4, -0.2) is 32.0 Å². The summed E-state index contributed by atoms with van der Waals surface area (Å²) < 4.78 is 2.96. The van der Waals surface area contributed by atoms with Crippen molar-refractivity contribution >= 4 is 28.1 Å². The zero-order valence-corrected chi connectivity index (χ0v) is 18.6. The van der Waals surface area contributed by atoms with Crippen LogP contribution in [0.3, 0.4) is 0 Å². The number of nitrogens with one attached hydrogen (secondary N) is 1. The first-order valence-electron chi connectivity index (χ1n) is 10.2. The molecule has 0 aliphatic rings. The predicted octanol–water partition coefficient (Wildman–Crippen LogP) is 3.44. The van der Waals surface area contributed by atoms with E-state index in [1.54, 1.807) is 10.9 Å². The van der Waals surface area contributed by atoms with E-state index >= 15 is 0 Å². The van der Waals surface area contributed by atoms with Gasteiger partial charge in [0.15, 0.2) is 0 Å². The predicted molar refractivity (Wildman–Crippen MR) is 123 cm³/mol. The first-order chi connectivity index (χ1) is 14.8. The van der Waals surface area contributed by atoms with Gasteiger partial charge in [-0.3, -0.25) is 14.3 Å². The van der Waals surface area contributed by atoms with Crippen molar-refractivity contribution in [3.8, 4) is 10.6 Å². The fraction of sp³-hybridized carbons (Fsp3) is 0.304. The van der Waals surface area contributed by atoms with E-state index in [4.69, 9.17) is 0 Å². The Morgan fingerprint density at radius 1 is 1.13 bits per heavy atom. The van der Waals surface area contributed by atoms with Gasteiger partial charge < -0.3 is 5.32 Å². The largest absolute Gasteiger partial charge is 0.354 e. The Balaban J connectivity index is 1.65. The summed E-state index contributed by atoms with van der Waals surface area (Å²) in [6.07, 6.45) is 2.42. The molecule has 0 unspecified atom stereocenters. The standard InChI is InChI=1S/C23H25N5O2S/c1-23(2,3)28-21-17(14-25-28)20(18-10-7-13-31-18)26-27(22(21)30)15-19(29)24-12-11-16-8-5-4-6-9-16/h4-10,13-14H,11-12,15H2,1-3H3,(H,24,29). The van der Waals surface area contributed by atoms with Crippen molar-refractivity contribution in [1.82, 2.24) is 24.9 Å². The summed E-state index contributed by atoms with van der Waals surface area (Å²) in [5.41, 5.74) is 1.57. The van der Waals surface area contributed by atoms with E-state index in [1.807, 2.05) is 68.6 Å². The third-order valence-corrected chi connectivity index (χ3v) is 5.82. The molecule has 1 amide bonds. The van der Waals surface area contributed by atoms with E-state index in [0.29, 0.717) is 23.1 Å². The van der Waals surface area contributed by atoms with E-state index in [0.717, 1.165) is 16.9 Å². The fourth-order valence-corrected chi connectivity index (χ4v) is 4.19. The lowest BCUT2D eigenvalue weighted by Crippen LogP contribution is -2.36. The van der Waals surface area contributed by atoms with E-state index in [1.165, 1.54) is 16.0 Å². The maximum Gasteiger partial charge on any atom is 0.293 e. The van der Waals surface area contributed by atoms with Gasteiger partial charge in [0.1, 0.15) is 17.8 Å². The van der Waals surface area contributed by atoms with Gasteiger partial charge in [-0.25, -0.2) is 4.68 Å². The molecule has 1 N–H and O–H groups in total. The molecule has 0 saturated carbocycles. The first kappa shape index (κ1) is 21.0. The number of benzene rings is 1. The zero-order valence-electron chi connectivity index (χ0n) is 17.8. The molecule has 0 fully saturated rings. The lowest BCUT2D eigenvalue weighted by atomic mass is 10.1. The third kappa shape index (κ3) is 4.44. The first-order valence-corrected chi connectivity index (χ1v) is 11.1. The second-order valence-electron chi connectivity index (χ2n) is 8.36. The molecule has 8 heteroatoms. The number of thiophene rings is 1. The number of amides is 1. The van der Waals surface area contributed by atoms with E-state index in [2.05, 4.69) is 15.5 Å². The summed E-state index contributed by atoms with van der Waals surface area (Å²) in [7, 11) is 0. The molecule has 0 radical (unpaired) electrons. The molecular formula is C23H25N5O2S. The molecule has 4 aromatic rings. The molecule has 0 saturated heterocycles. The summed E-state index contributed by atoms with van der Waals surface area (Å²) >= 11 is 1.54. The Hall–Kier alpha value is -3.26. The molecular weight excluding hydrogens is 410 g/mol. The van der Waals surface area contributed by atoms with E-state index in [9.17, 15) is 9.59 Å². The van der Waals surface area contributed by atoms with Gasteiger partial charge in [-0.05, 0) is 44.2 Å². The van der Waals surface area contributed by atoms with Crippen LogP contribution in [0.15, 0.2) is 58.8 Å². The van der Waals surface area contributed by atoms with Crippen LogP contribution in [-0.2, 0) is 23.3 Å². The highest BCUT2D eigenvalue weighted by atomic mass is 32.1. The van der Waals surface area contributed by atoms with Crippen LogP contribution in [0.25, 0.3) is 21.5 Å². The normalized spacial score (nSPS) is 11.7. The van der Waals surface area contributed by atoms with Crippen molar-refractivity contribution < 1.29 is 4.79 Å². The molecule has 0 aliphatic heterocycles. The summed E-state index contributed by atoms with van der Waals surface area (Å²) in [5, 5.41) is 14.6. The Kier molecular flexibility index (Phi) is 5.73. The number of hydrogen-bond acceptors (Lipinski definition) is 5. The average molecular weight is 436 g/mol. The Labute approximate surface area is 184 Å². The molecule has 31 heavy (non-hydrogen) atoms. The minimum Gasteiger partial charge on any atom is -0.354 e. The Morgan fingerprint density at radius 2 is 1.90 bits per heavy atom. The number of fused-ring (bicyclic) bond motifs is 1. The molecule has 0 aliphatic carbocycles. The molecule has 3 aromatic heterocycles. The second kappa shape index (κ2) is 8.47. The van der Waals surface area contributed by atoms with E-state index in [-0.39, 0.29) is 23.6 Å². The molecule has 160 valence electrons. The van der Waals surface area contributed by atoms with Crippen molar-refractivity contribution in [2.75, 3.05) is 6.54 Å². The minimum absolute atomic E-state index is 0.142. The van der Waals surface area contributed by atoms with Crippen LogP contribution in [0.1, 0.15) is 26.3 Å². The third-order valence-electron chi connectivity index (χ3n) is 4.94. The molecule has 4 rings (SSSR count). The van der Waals surface area contributed by atoms with Crippen LogP contribution < -0.4 is 10.9 Å². The zero-order chi connectivity index (χ0) is 22.0. The summed E-state index contributed by atoms with van der Waals surface area (Å²) in [6.45, 7) is 6.33. The lowest BCUT2D eigenvalue weighted by molar-refractivity contribution is -0.121. The van der Waals surface area contributed by atoms with Crippen molar-refractivity contribution in [3.05, 3.63) is 70.0 Å². The second-order valence-corrected chi connectivity index (χ2v) is 9.31.